The lowest BCUT2D eigenvalue weighted by molar-refractivity contribution is 0.553. The maximum Gasteiger partial charge on any atom is 0.135 e. The van der Waals surface area contributed by atoms with Gasteiger partial charge in [-0.15, -0.1) is 0 Å². The predicted molar refractivity (Wildman–Crippen MR) is 71.3 cm³/mol. The van der Waals surface area contributed by atoms with Crippen molar-refractivity contribution in [1.29, 1.82) is 5.26 Å². The number of hydrogen-bond acceptors (Lipinski definition) is 4. The molecule has 0 atom stereocenters. The number of furan rings is 1. The van der Waals surface area contributed by atoms with Gasteiger partial charge in [-0.05, 0) is 54.2 Å². The van der Waals surface area contributed by atoms with Gasteiger partial charge in [-0.1, -0.05) is 0 Å². The van der Waals surface area contributed by atoms with Crippen molar-refractivity contribution in [3.8, 4) is 6.07 Å². The van der Waals surface area contributed by atoms with Crippen LogP contribution in [0.25, 0.3) is 5.57 Å². The van der Waals surface area contributed by atoms with Gasteiger partial charge >= 0.3 is 0 Å². The average Bonchev–Trinajstić information content (AvgIpc) is 3.12. The van der Waals surface area contributed by atoms with E-state index < -0.39 is 0 Å². The van der Waals surface area contributed by atoms with Crippen molar-refractivity contribution >= 4 is 22.8 Å². The first-order chi connectivity index (χ1) is 8.83. The van der Waals surface area contributed by atoms with E-state index in [1.165, 1.54) is 12.8 Å². The minimum Gasteiger partial charge on any atom is -0.464 e. The Morgan fingerprint density at radius 2 is 2.28 bits per heavy atom. The second kappa shape index (κ2) is 4.30. The molecule has 0 amide bonds. The summed E-state index contributed by atoms with van der Waals surface area (Å²) in [5.41, 5.74) is 2.95. The van der Waals surface area contributed by atoms with E-state index in [4.69, 9.17) is 16.6 Å². The van der Waals surface area contributed by atoms with Crippen LogP contribution in [0.4, 0.5) is 0 Å². The molecule has 0 spiro atoms. The van der Waals surface area contributed by atoms with Crippen LogP contribution in [-0.2, 0) is 0 Å². The van der Waals surface area contributed by atoms with Crippen molar-refractivity contribution in [2.45, 2.75) is 12.8 Å². The summed E-state index contributed by atoms with van der Waals surface area (Å²) in [6.07, 6.45) is 5.95. The Bertz CT molecular complexity index is 636. The minimum absolute atomic E-state index is 0.490. The number of nitriles is 1. The van der Waals surface area contributed by atoms with Gasteiger partial charge in [-0.25, -0.2) is 0 Å². The number of allylic oxidation sites excluding steroid dienone is 4. The van der Waals surface area contributed by atoms with Crippen LogP contribution in [0, 0.1) is 17.2 Å². The second-order valence-electron chi connectivity index (χ2n) is 4.35. The first kappa shape index (κ1) is 11.0. The zero-order valence-corrected chi connectivity index (χ0v) is 10.4. The van der Waals surface area contributed by atoms with Gasteiger partial charge in [-0.2, -0.15) is 5.26 Å². The van der Waals surface area contributed by atoms with Crippen LogP contribution in [0.1, 0.15) is 18.6 Å². The molecule has 88 valence electrons. The first-order valence-corrected chi connectivity index (χ1v) is 6.16. The van der Waals surface area contributed by atoms with Crippen molar-refractivity contribution in [2.24, 2.45) is 5.92 Å². The first-order valence-electron chi connectivity index (χ1n) is 5.76. The number of thiocarbonyl (C=S) groups is 1. The molecule has 18 heavy (non-hydrogen) atoms. The predicted octanol–water partition coefficient (Wildman–Crippen LogP) is 2.94. The Morgan fingerprint density at radius 3 is 2.83 bits per heavy atom. The normalized spacial score (nSPS) is 18.8. The molecule has 3 rings (SSSR count). The maximum atomic E-state index is 9.28. The van der Waals surface area contributed by atoms with Crippen LogP contribution in [0.15, 0.2) is 45.9 Å². The fourth-order valence-corrected chi connectivity index (χ4v) is 2.19. The monoisotopic (exact) mass is 254 g/mol. The van der Waals surface area contributed by atoms with Gasteiger partial charge in [0, 0.05) is 11.3 Å². The minimum atomic E-state index is 0.490. The van der Waals surface area contributed by atoms with Gasteiger partial charge < -0.3 is 9.73 Å². The van der Waals surface area contributed by atoms with Gasteiger partial charge in [0.2, 0.25) is 0 Å². The van der Waals surface area contributed by atoms with E-state index in [1.54, 1.807) is 6.26 Å². The molecule has 2 heterocycles. The molecule has 1 aromatic rings. The summed E-state index contributed by atoms with van der Waals surface area (Å²) in [7, 11) is 0. The molecule has 1 aliphatic carbocycles. The Kier molecular flexibility index (Phi) is 2.64. The Hall–Kier alpha value is -2.08. The van der Waals surface area contributed by atoms with E-state index in [0.29, 0.717) is 22.9 Å². The highest BCUT2D eigenvalue weighted by Crippen LogP contribution is 2.40. The molecular weight excluding hydrogens is 244 g/mol. The maximum absolute atomic E-state index is 9.28. The van der Waals surface area contributed by atoms with Crippen LogP contribution < -0.4 is 5.32 Å². The zero-order chi connectivity index (χ0) is 12.5. The zero-order valence-electron chi connectivity index (χ0n) is 9.56. The standard InChI is InChI=1S/C14H10N2OS/c15-7-11-10(14-2-1-5-17-14)6-12(9-3-4-9)16-13(11)8-18/h1-2,5-6,9,16H,3-4H2. The van der Waals surface area contributed by atoms with Gasteiger partial charge in [0.15, 0.2) is 0 Å². The molecule has 0 radical (unpaired) electrons. The molecule has 1 aliphatic heterocycles. The highest BCUT2D eigenvalue weighted by molar-refractivity contribution is 7.78. The molecule has 1 N–H and O–H groups in total. The van der Waals surface area contributed by atoms with E-state index in [2.05, 4.69) is 16.4 Å². The number of nitrogens with zero attached hydrogens (tertiary/aromatic N) is 1. The van der Waals surface area contributed by atoms with Crippen LogP contribution in [0.2, 0.25) is 0 Å². The third-order valence-electron chi connectivity index (χ3n) is 3.11. The molecule has 4 heteroatoms. The summed E-state index contributed by atoms with van der Waals surface area (Å²) in [5.74, 6) is 1.24. The van der Waals surface area contributed by atoms with E-state index in [9.17, 15) is 5.26 Å². The Labute approximate surface area is 110 Å². The molecular formula is C14H10N2OS. The SMILES string of the molecule is N#CC1=C(c2ccco2)C=C(C2CC2)NC1=C=S. The number of hydrogen-bond donors (Lipinski definition) is 1. The third kappa shape index (κ3) is 1.80. The van der Waals surface area contributed by atoms with Crippen molar-refractivity contribution < 1.29 is 4.42 Å². The quantitative estimate of drug-likeness (QED) is 0.824. The van der Waals surface area contributed by atoms with Crippen molar-refractivity contribution in [1.82, 2.24) is 5.32 Å². The van der Waals surface area contributed by atoms with Crippen molar-refractivity contribution in [3.05, 3.63) is 47.2 Å². The van der Waals surface area contributed by atoms with Crippen LogP contribution in [0.5, 0.6) is 0 Å². The summed E-state index contributed by atoms with van der Waals surface area (Å²) in [4.78, 5) is 0. The highest BCUT2D eigenvalue weighted by Gasteiger charge is 2.31. The van der Waals surface area contributed by atoms with E-state index in [0.717, 1.165) is 11.3 Å². The molecule has 2 aliphatic rings. The largest absolute Gasteiger partial charge is 0.464 e. The van der Waals surface area contributed by atoms with Gasteiger partial charge in [0.1, 0.15) is 17.5 Å². The summed E-state index contributed by atoms with van der Waals surface area (Å²) < 4.78 is 5.39. The van der Waals surface area contributed by atoms with Gasteiger partial charge in [0.05, 0.1) is 11.8 Å². The molecule has 0 saturated heterocycles. The summed E-state index contributed by atoms with van der Waals surface area (Å²) in [6, 6.07) is 5.83. The fraction of sp³-hybridized carbons (Fsp3) is 0.214. The lowest BCUT2D eigenvalue weighted by Crippen LogP contribution is -2.20. The van der Waals surface area contributed by atoms with Crippen LogP contribution in [0.3, 0.4) is 0 Å². The molecule has 3 nitrogen and oxygen atoms in total. The van der Waals surface area contributed by atoms with E-state index in [-0.39, 0.29) is 0 Å². The number of dihydropyridines is 1. The van der Waals surface area contributed by atoms with Crippen LogP contribution >= 0.6 is 12.2 Å². The molecule has 1 fully saturated rings. The van der Waals surface area contributed by atoms with E-state index in [1.807, 2.05) is 18.2 Å². The highest BCUT2D eigenvalue weighted by atomic mass is 32.1. The topological polar surface area (TPSA) is 49.0 Å². The molecule has 0 aromatic carbocycles. The molecule has 0 bridgehead atoms. The molecule has 1 saturated carbocycles. The number of rotatable bonds is 2. The van der Waals surface area contributed by atoms with Crippen molar-refractivity contribution in [3.63, 3.8) is 0 Å². The fourth-order valence-electron chi connectivity index (χ4n) is 2.04. The second-order valence-corrected chi connectivity index (χ2v) is 4.56. The summed E-state index contributed by atoms with van der Waals surface area (Å²) in [6.45, 7) is 0. The Balaban J connectivity index is 2.17. The molecule has 1 aromatic heterocycles. The van der Waals surface area contributed by atoms with E-state index >= 15 is 0 Å². The molecule has 0 unspecified atom stereocenters. The average molecular weight is 254 g/mol. The van der Waals surface area contributed by atoms with Gasteiger partial charge in [0.25, 0.3) is 0 Å². The third-order valence-corrected chi connectivity index (χ3v) is 3.31. The lowest BCUT2D eigenvalue weighted by Gasteiger charge is -2.18. The Morgan fingerprint density at radius 1 is 1.44 bits per heavy atom. The summed E-state index contributed by atoms with van der Waals surface area (Å²) in [5, 5.41) is 15.1. The summed E-state index contributed by atoms with van der Waals surface area (Å²) >= 11 is 4.86. The van der Waals surface area contributed by atoms with Gasteiger partial charge in [-0.3, -0.25) is 0 Å². The van der Waals surface area contributed by atoms with Crippen molar-refractivity contribution in [2.75, 3.05) is 0 Å². The number of nitrogens with one attached hydrogen (secondary N) is 1. The van der Waals surface area contributed by atoms with Crippen LogP contribution in [-0.4, -0.2) is 5.02 Å². The lowest BCUT2D eigenvalue weighted by atomic mass is 9.98. The smallest absolute Gasteiger partial charge is 0.135 e.